The first-order chi connectivity index (χ1) is 13.6. The van der Waals surface area contributed by atoms with Crippen molar-refractivity contribution >= 4 is 44.9 Å². The van der Waals surface area contributed by atoms with Gasteiger partial charge in [0.1, 0.15) is 0 Å². The van der Waals surface area contributed by atoms with Gasteiger partial charge in [0.25, 0.3) is 0 Å². The molecule has 0 aliphatic carbocycles. The summed E-state index contributed by atoms with van der Waals surface area (Å²) in [6.07, 6.45) is -0.212. The third kappa shape index (κ3) is 4.69. The molecule has 0 spiro atoms. The summed E-state index contributed by atoms with van der Waals surface area (Å²) in [7, 11) is -3.72. The molecule has 29 heavy (non-hydrogen) atoms. The number of aliphatic carboxylic acids is 1. The molecular weight excluding hydrogens is 435 g/mol. The Balaban J connectivity index is 1.81. The number of halogens is 2. The van der Waals surface area contributed by atoms with Crippen LogP contribution in [0.5, 0.6) is 0 Å². The molecule has 1 atom stereocenters. The Morgan fingerprint density at radius 3 is 2.48 bits per heavy atom. The van der Waals surface area contributed by atoms with Crippen LogP contribution in [-0.2, 0) is 21.2 Å². The van der Waals surface area contributed by atoms with Crippen LogP contribution in [-0.4, -0.2) is 49.5 Å². The van der Waals surface area contributed by atoms with Crippen molar-refractivity contribution < 1.29 is 18.3 Å². The lowest BCUT2D eigenvalue weighted by atomic mass is 10.1. The molecule has 1 aliphatic heterocycles. The number of piperazine rings is 1. The van der Waals surface area contributed by atoms with Crippen LogP contribution < -0.4 is 4.90 Å². The molecule has 1 N–H and O–H groups in total. The van der Waals surface area contributed by atoms with Gasteiger partial charge in [-0.15, -0.1) is 0 Å². The molecule has 0 saturated carbocycles. The van der Waals surface area contributed by atoms with E-state index in [1.54, 1.807) is 25.1 Å². The van der Waals surface area contributed by atoms with Gasteiger partial charge in [0, 0.05) is 31.4 Å². The van der Waals surface area contributed by atoms with Gasteiger partial charge < -0.3 is 10.0 Å². The normalized spacial score (nSPS) is 18.1. The van der Waals surface area contributed by atoms with Crippen LogP contribution in [0.25, 0.3) is 0 Å². The summed E-state index contributed by atoms with van der Waals surface area (Å²) >= 11 is 12.1. The summed E-state index contributed by atoms with van der Waals surface area (Å²) < 4.78 is 27.7. The highest BCUT2D eigenvalue weighted by Gasteiger charge is 2.32. The van der Waals surface area contributed by atoms with Crippen molar-refractivity contribution in [2.75, 3.05) is 24.5 Å². The van der Waals surface area contributed by atoms with Gasteiger partial charge in [0.2, 0.25) is 10.0 Å². The summed E-state index contributed by atoms with van der Waals surface area (Å²) in [4.78, 5) is 13.3. The molecule has 156 valence electrons. The van der Waals surface area contributed by atoms with E-state index in [0.717, 1.165) is 11.3 Å². The van der Waals surface area contributed by atoms with Crippen molar-refractivity contribution in [1.29, 1.82) is 0 Å². The molecule has 0 amide bonds. The molecule has 0 radical (unpaired) electrons. The maximum absolute atomic E-state index is 13.1. The Morgan fingerprint density at radius 1 is 1.14 bits per heavy atom. The second kappa shape index (κ2) is 8.52. The fourth-order valence-corrected chi connectivity index (χ4v) is 5.36. The van der Waals surface area contributed by atoms with E-state index in [0.29, 0.717) is 35.2 Å². The number of carbonyl (C=O) groups is 1. The highest BCUT2D eigenvalue weighted by molar-refractivity contribution is 7.89. The Labute approximate surface area is 180 Å². The van der Waals surface area contributed by atoms with Crippen molar-refractivity contribution in [3.63, 3.8) is 0 Å². The van der Waals surface area contributed by atoms with Gasteiger partial charge in [-0.05, 0) is 55.3 Å². The number of sulfonamides is 1. The summed E-state index contributed by atoms with van der Waals surface area (Å²) in [6.45, 7) is 4.86. The Morgan fingerprint density at radius 2 is 1.86 bits per heavy atom. The first kappa shape index (κ1) is 21.9. The molecule has 1 aliphatic rings. The van der Waals surface area contributed by atoms with Gasteiger partial charge in [-0.1, -0.05) is 29.3 Å². The van der Waals surface area contributed by atoms with Crippen molar-refractivity contribution in [3.05, 3.63) is 57.6 Å². The molecule has 1 heterocycles. The zero-order valence-corrected chi connectivity index (χ0v) is 18.4. The van der Waals surface area contributed by atoms with Gasteiger partial charge in [0.15, 0.2) is 0 Å². The first-order valence-corrected chi connectivity index (χ1v) is 11.3. The maximum atomic E-state index is 13.1. The average Bonchev–Trinajstić information content (AvgIpc) is 2.65. The fraction of sp³-hybridized carbons (Fsp3) is 0.350. The maximum Gasteiger partial charge on any atom is 0.307 e. The molecule has 2 aromatic carbocycles. The summed E-state index contributed by atoms with van der Waals surface area (Å²) in [5.41, 5.74) is 2.15. The van der Waals surface area contributed by atoms with E-state index in [1.807, 2.05) is 13.0 Å². The van der Waals surface area contributed by atoms with E-state index in [2.05, 4.69) is 4.90 Å². The highest BCUT2D eigenvalue weighted by Crippen LogP contribution is 2.30. The summed E-state index contributed by atoms with van der Waals surface area (Å²) in [5, 5.41) is 9.99. The lowest BCUT2D eigenvalue weighted by molar-refractivity contribution is -0.136. The molecule has 6 nitrogen and oxygen atoms in total. The van der Waals surface area contributed by atoms with Crippen LogP contribution in [0, 0.1) is 6.92 Å². The molecule has 0 bridgehead atoms. The van der Waals surface area contributed by atoms with Crippen LogP contribution in [0.4, 0.5) is 5.69 Å². The van der Waals surface area contributed by atoms with Crippen LogP contribution in [0.3, 0.4) is 0 Å². The van der Waals surface area contributed by atoms with Gasteiger partial charge >= 0.3 is 5.97 Å². The number of aryl methyl sites for hydroxylation is 1. The molecule has 1 unspecified atom stereocenters. The molecule has 1 saturated heterocycles. The van der Waals surface area contributed by atoms with Crippen molar-refractivity contribution in [1.82, 2.24) is 4.31 Å². The molecule has 9 heteroatoms. The topological polar surface area (TPSA) is 77.9 Å². The molecule has 3 rings (SSSR count). The van der Waals surface area contributed by atoms with Gasteiger partial charge in [-0.2, -0.15) is 4.31 Å². The Hall–Kier alpha value is -1.80. The number of carboxylic acid groups (broad SMARTS) is 1. The third-order valence-electron chi connectivity index (χ3n) is 5.13. The Bertz CT molecular complexity index is 1040. The van der Waals surface area contributed by atoms with Crippen molar-refractivity contribution in [3.8, 4) is 0 Å². The van der Waals surface area contributed by atoms with Gasteiger partial charge in [-0.25, -0.2) is 8.42 Å². The summed E-state index contributed by atoms with van der Waals surface area (Å²) in [6, 6.07) is 9.96. The minimum absolute atomic E-state index is 0.0697. The molecule has 2 aromatic rings. The van der Waals surface area contributed by atoms with Gasteiger partial charge in [-0.3, -0.25) is 4.79 Å². The van der Waals surface area contributed by atoms with E-state index in [-0.39, 0.29) is 17.4 Å². The van der Waals surface area contributed by atoms with E-state index in [4.69, 9.17) is 28.3 Å². The Kier molecular flexibility index (Phi) is 6.43. The standard InChI is InChI=1S/C20H22Cl2N2O4S/c1-13-3-5-17(9-15(13)10-20(25)26)29(27,28)23-7-8-24(14(2)12-23)16-4-6-18(21)19(22)11-16/h3-6,9,11,14H,7-8,10,12H2,1-2H3,(H,25,26). The van der Waals surface area contributed by atoms with Crippen LogP contribution in [0.1, 0.15) is 18.1 Å². The number of hydrogen-bond acceptors (Lipinski definition) is 4. The quantitative estimate of drug-likeness (QED) is 0.739. The van der Waals surface area contributed by atoms with Crippen molar-refractivity contribution in [2.45, 2.75) is 31.2 Å². The predicted octanol–water partition coefficient (Wildman–Crippen LogP) is 3.83. The lowest BCUT2D eigenvalue weighted by Crippen LogP contribution is -2.53. The number of carboxylic acids is 1. The number of benzene rings is 2. The largest absolute Gasteiger partial charge is 0.481 e. The second-order valence-corrected chi connectivity index (χ2v) is 9.92. The number of nitrogens with zero attached hydrogens (tertiary/aromatic N) is 2. The molecule has 0 aromatic heterocycles. The van der Waals surface area contributed by atoms with E-state index < -0.39 is 16.0 Å². The average molecular weight is 457 g/mol. The monoisotopic (exact) mass is 456 g/mol. The van der Waals surface area contributed by atoms with Crippen LogP contribution >= 0.6 is 23.2 Å². The van der Waals surface area contributed by atoms with Crippen LogP contribution in [0.2, 0.25) is 10.0 Å². The van der Waals surface area contributed by atoms with Crippen LogP contribution in [0.15, 0.2) is 41.3 Å². The second-order valence-electron chi connectivity index (χ2n) is 7.16. The predicted molar refractivity (Wildman–Crippen MR) is 115 cm³/mol. The van der Waals surface area contributed by atoms with E-state index in [9.17, 15) is 13.2 Å². The highest BCUT2D eigenvalue weighted by atomic mass is 35.5. The smallest absolute Gasteiger partial charge is 0.307 e. The minimum atomic E-state index is -3.72. The minimum Gasteiger partial charge on any atom is -0.481 e. The SMILES string of the molecule is Cc1ccc(S(=O)(=O)N2CCN(c3ccc(Cl)c(Cl)c3)C(C)C2)cc1CC(=O)O. The number of anilines is 1. The number of hydrogen-bond donors (Lipinski definition) is 1. The zero-order chi connectivity index (χ0) is 21.3. The van der Waals surface area contributed by atoms with Crippen molar-refractivity contribution in [2.24, 2.45) is 0 Å². The first-order valence-electron chi connectivity index (χ1n) is 9.12. The lowest BCUT2D eigenvalue weighted by Gasteiger charge is -2.40. The number of rotatable bonds is 5. The van der Waals surface area contributed by atoms with Gasteiger partial charge in [0.05, 0.1) is 21.4 Å². The molecule has 1 fully saturated rings. The fourth-order valence-electron chi connectivity index (χ4n) is 3.50. The molecular formula is C20H22Cl2N2O4S. The zero-order valence-electron chi connectivity index (χ0n) is 16.1. The van der Waals surface area contributed by atoms with E-state index in [1.165, 1.54) is 16.4 Å². The third-order valence-corrected chi connectivity index (χ3v) is 7.73. The van der Waals surface area contributed by atoms with E-state index >= 15 is 0 Å². The summed E-state index contributed by atoms with van der Waals surface area (Å²) in [5.74, 6) is -0.994.